The molecule has 34 heavy (non-hydrogen) atoms. The van der Waals surface area contributed by atoms with Crippen molar-refractivity contribution in [3.8, 4) is 0 Å². The standard InChI is InChI=1S/C27H34N4O2S/c1-3-22-7-4-5-15-30(22)16-6-14-28-25(32)21-12-13-23-24(17-21)29-27(34)31(26(23)33)18-20-10-8-19(2)9-11-20/h8-13,17,22H,3-7,14-16,18H2,1-2H3,(H,28,32)(H,29,34). The number of amides is 1. The van der Waals surface area contributed by atoms with Gasteiger partial charge in [-0.2, -0.15) is 0 Å². The number of likely N-dealkylation sites (tertiary alicyclic amines) is 1. The Morgan fingerprint density at radius 1 is 1.18 bits per heavy atom. The Balaban J connectivity index is 1.41. The molecule has 1 fully saturated rings. The second-order valence-corrected chi connectivity index (χ2v) is 9.66. The molecule has 180 valence electrons. The molecule has 1 atom stereocenters. The number of carbonyl (C=O) groups excluding carboxylic acids is 1. The highest BCUT2D eigenvalue weighted by molar-refractivity contribution is 7.71. The van der Waals surface area contributed by atoms with Crippen molar-refractivity contribution in [3.05, 3.63) is 74.3 Å². The van der Waals surface area contributed by atoms with Gasteiger partial charge in [-0.25, -0.2) is 0 Å². The second kappa shape index (κ2) is 11.1. The van der Waals surface area contributed by atoms with E-state index < -0.39 is 0 Å². The largest absolute Gasteiger partial charge is 0.352 e. The molecule has 1 aliphatic rings. The summed E-state index contributed by atoms with van der Waals surface area (Å²) in [4.78, 5) is 31.5. The normalized spacial score (nSPS) is 16.6. The maximum Gasteiger partial charge on any atom is 0.262 e. The molecule has 0 saturated carbocycles. The molecule has 1 unspecified atom stereocenters. The van der Waals surface area contributed by atoms with Crippen molar-refractivity contribution in [1.82, 2.24) is 19.8 Å². The molecule has 1 saturated heterocycles. The van der Waals surface area contributed by atoms with Crippen molar-refractivity contribution in [2.24, 2.45) is 0 Å². The van der Waals surface area contributed by atoms with Crippen molar-refractivity contribution in [1.29, 1.82) is 0 Å². The van der Waals surface area contributed by atoms with Gasteiger partial charge >= 0.3 is 0 Å². The van der Waals surface area contributed by atoms with Crippen LogP contribution in [0.1, 0.15) is 60.5 Å². The number of hydrogen-bond donors (Lipinski definition) is 2. The van der Waals surface area contributed by atoms with Crippen LogP contribution in [0, 0.1) is 11.7 Å². The number of aryl methyl sites for hydroxylation is 1. The molecule has 0 radical (unpaired) electrons. The summed E-state index contributed by atoms with van der Waals surface area (Å²) in [5.41, 5.74) is 3.14. The Bertz CT molecular complexity index is 1260. The minimum Gasteiger partial charge on any atom is -0.352 e. The topological polar surface area (TPSA) is 70.1 Å². The number of benzene rings is 2. The number of H-pyrrole nitrogens is 1. The van der Waals surface area contributed by atoms with Crippen molar-refractivity contribution in [2.75, 3.05) is 19.6 Å². The zero-order valence-corrected chi connectivity index (χ0v) is 20.9. The summed E-state index contributed by atoms with van der Waals surface area (Å²) in [7, 11) is 0. The average molecular weight is 479 g/mol. The van der Waals surface area contributed by atoms with E-state index in [2.05, 4.69) is 22.1 Å². The van der Waals surface area contributed by atoms with Crippen LogP contribution in [0.25, 0.3) is 10.9 Å². The van der Waals surface area contributed by atoms with Crippen LogP contribution in [0.15, 0.2) is 47.3 Å². The lowest BCUT2D eigenvalue weighted by Crippen LogP contribution is -2.40. The third kappa shape index (κ3) is 5.65. The Morgan fingerprint density at radius 2 is 1.97 bits per heavy atom. The highest BCUT2D eigenvalue weighted by Gasteiger charge is 2.20. The predicted octanol–water partition coefficient (Wildman–Crippen LogP) is 4.80. The Labute approximate surface area is 206 Å². The molecule has 0 spiro atoms. The Kier molecular flexibility index (Phi) is 7.95. The van der Waals surface area contributed by atoms with Gasteiger partial charge in [-0.05, 0) is 75.1 Å². The summed E-state index contributed by atoms with van der Waals surface area (Å²) in [6.45, 7) is 7.51. The van der Waals surface area contributed by atoms with Crippen LogP contribution < -0.4 is 10.9 Å². The predicted molar refractivity (Wildman–Crippen MR) is 140 cm³/mol. The van der Waals surface area contributed by atoms with E-state index in [9.17, 15) is 9.59 Å². The molecular formula is C27H34N4O2S. The number of carbonyl (C=O) groups is 1. The minimum atomic E-state index is -0.154. The third-order valence-electron chi connectivity index (χ3n) is 6.83. The molecule has 1 aromatic heterocycles. The van der Waals surface area contributed by atoms with Crippen molar-refractivity contribution in [3.63, 3.8) is 0 Å². The fourth-order valence-corrected chi connectivity index (χ4v) is 5.08. The molecule has 1 aliphatic heterocycles. The lowest BCUT2D eigenvalue weighted by atomic mass is 10.00. The van der Waals surface area contributed by atoms with E-state index in [1.54, 1.807) is 22.8 Å². The maximum absolute atomic E-state index is 13.1. The van der Waals surface area contributed by atoms with Gasteiger partial charge in [-0.15, -0.1) is 0 Å². The van der Waals surface area contributed by atoms with Gasteiger partial charge in [0.25, 0.3) is 11.5 Å². The number of aromatic nitrogens is 2. The first kappa shape index (κ1) is 24.4. The molecule has 2 aromatic carbocycles. The van der Waals surface area contributed by atoms with Gasteiger partial charge < -0.3 is 15.2 Å². The van der Waals surface area contributed by atoms with Crippen molar-refractivity contribution >= 4 is 29.0 Å². The number of hydrogen-bond acceptors (Lipinski definition) is 4. The summed E-state index contributed by atoms with van der Waals surface area (Å²) in [6.07, 6.45) is 6.01. The lowest BCUT2D eigenvalue weighted by molar-refractivity contribution is 0.0947. The van der Waals surface area contributed by atoms with Crippen LogP contribution in [0.3, 0.4) is 0 Å². The van der Waals surface area contributed by atoms with Gasteiger partial charge in [-0.1, -0.05) is 43.2 Å². The maximum atomic E-state index is 13.1. The number of aromatic amines is 1. The highest BCUT2D eigenvalue weighted by Crippen LogP contribution is 2.19. The SMILES string of the molecule is CCC1CCCCN1CCCNC(=O)c1ccc2c(=O)n(Cc3ccc(C)cc3)c(=S)[nH]c2c1. The molecule has 0 bridgehead atoms. The summed E-state index contributed by atoms with van der Waals surface area (Å²) in [5, 5.41) is 3.55. The third-order valence-corrected chi connectivity index (χ3v) is 7.16. The van der Waals surface area contributed by atoms with Crippen LogP contribution >= 0.6 is 12.2 Å². The summed E-state index contributed by atoms with van der Waals surface area (Å²) in [6, 6.07) is 13.9. The summed E-state index contributed by atoms with van der Waals surface area (Å²) >= 11 is 5.47. The number of piperidine rings is 1. The smallest absolute Gasteiger partial charge is 0.262 e. The van der Waals surface area contributed by atoms with E-state index in [1.807, 2.05) is 31.2 Å². The van der Waals surface area contributed by atoms with E-state index in [1.165, 1.54) is 31.2 Å². The van der Waals surface area contributed by atoms with Crippen molar-refractivity contribution in [2.45, 2.75) is 58.5 Å². The van der Waals surface area contributed by atoms with Gasteiger partial charge in [0.1, 0.15) is 0 Å². The molecule has 4 rings (SSSR count). The van der Waals surface area contributed by atoms with Crippen LogP contribution in [0.5, 0.6) is 0 Å². The fourth-order valence-electron chi connectivity index (χ4n) is 4.82. The van der Waals surface area contributed by atoms with Gasteiger partial charge in [0, 0.05) is 24.7 Å². The molecule has 6 nitrogen and oxygen atoms in total. The van der Waals surface area contributed by atoms with E-state index in [0.29, 0.717) is 40.4 Å². The van der Waals surface area contributed by atoms with Gasteiger partial charge in [0.05, 0.1) is 17.4 Å². The van der Waals surface area contributed by atoms with E-state index in [-0.39, 0.29) is 11.5 Å². The van der Waals surface area contributed by atoms with Crippen LogP contribution in [0.2, 0.25) is 0 Å². The molecule has 1 amide bonds. The van der Waals surface area contributed by atoms with E-state index in [4.69, 9.17) is 12.2 Å². The zero-order valence-electron chi connectivity index (χ0n) is 20.1. The highest BCUT2D eigenvalue weighted by atomic mass is 32.1. The first-order chi connectivity index (χ1) is 16.5. The van der Waals surface area contributed by atoms with Gasteiger partial charge in [-0.3, -0.25) is 14.2 Å². The number of fused-ring (bicyclic) bond motifs is 1. The van der Waals surface area contributed by atoms with Crippen LogP contribution in [-0.2, 0) is 6.54 Å². The fraction of sp³-hybridized carbons (Fsp3) is 0.444. The summed E-state index contributed by atoms with van der Waals surface area (Å²) < 4.78 is 1.91. The van der Waals surface area contributed by atoms with Crippen LogP contribution in [-0.4, -0.2) is 46.0 Å². The lowest BCUT2D eigenvalue weighted by Gasteiger charge is -2.35. The van der Waals surface area contributed by atoms with Crippen molar-refractivity contribution < 1.29 is 4.79 Å². The second-order valence-electron chi connectivity index (χ2n) is 9.27. The molecule has 3 aromatic rings. The first-order valence-electron chi connectivity index (χ1n) is 12.3. The molecule has 2 N–H and O–H groups in total. The first-order valence-corrected chi connectivity index (χ1v) is 12.7. The van der Waals surface area contributed by atoms with Crippen LogP contribution in [0.4, 0.5) is 0 Å². The van der Waals surface area contributed by atoms with E-state index >= 15 is 0 Å². The monoisotopic (exact) mass is 478 g/mol. The molecule has 2 heterocycles. The zero-order chi connectivity index (χ0) is 24.1. The quantitative estimate of drug-likeness (QED) is 0.360. The molecule has 0 aliphatic carbocycles. The van der Waals surface area contributed by atoms with Gasteiger partial charge in [0.2, 0.25) is 0 Å². The van der Waals surface area contributed by atoms with Gasteiger partial charge in [0.15, 0.2) is 4.77 Å². The number of nitrogens with zero attached hydrogens (tertiary/aromatic N) is 2. The summed E-state index contributed by atoms with van der Waals surface area (Å²) in [5.74, 6) is -0.129. The number of nitrogens with one attached hydrogen (secondary N) is 2. The number of rotatable bonds is 8. The Morgan fingerprint density at radius 3 is 2.74 bits per heavy atom. The van der Waals surface area contributed by atoms with E-state index in [0.717, 1.165) is 25.1 Å². The molecular weight excluding hydrogens is 444 g/mol. The Hall–Kier alpha value is -2.77. The molecule has 7 heteroatoms. The minimum absolute atomic E-state index is 0.129. The average Bonchev–Trinajstić information content (AvgIpc) is 2.85.